The largest absolute Gasteiger partial charge is 0.492 e. The van der Waals surface area contributed by atoms with E-state index in [0.717, 1.165) is 0 Å². The third kappa shape index (κ3) is 1.44. The second kappa shape index (κ2) is 3.50. The highest BCUT2D eigenvalue weighted by Crippen LogP contribution is 2.38. The van der Waals surface area contributed by atoms with Gasteiger partial charge in [-0.05, 0) is 12.5 Å². The van der Waals surface area contributed by atoms with Gasteiger partial charge in [0, 0.05) is 5.56 Å². The Kier molecular flexibility index (Phi) is 2.33. The smallest absolute Gasteiger partial charge is 0.311 e. The Morgan fingerprint density at radius 3 is 3.07 bits per heavy atom. The molecule has 74 valence electrons. The first-order valence-corrected chi connectivity index (χ1v) is 4.72. The fraction of sp³-hybridized carbons (Fsp3) is 0.300. The standard InChI is InChI=1S/C10H9ClO3/c11-8-3-1-2-6-7(10(12)13)4-5-14-9(6)8/h1-3,7H,4-5H2,(H,12,13). The van der Waals surface area contributed by atoms with Gasteiger partial charge in [-0.3, -0.25) is 4.79 Å². The van der Waals surface area contributed by atoms with E-state index in [2.05, 4.69) is 0 Å². The van der Waals surface area contributed by atoms with Crippen LogP contribution in [-0.4, -0.2) is 17.7 Å². The number of benzene rings is 1. The lowest BCUT2D eigenvalue weighted by Crippen LogP contribution is -2.20. The third-order valence-corrected chi connectivity index (χ3v) is 2.62. The van der Waals surface area contributed by atoms with Crippen LogP contribution in [0.5, 0.6) is 5.75 Å². The summed E-state index contributed by atoms with van der Waals surface area (Å²) in [5.74, 6) is -0.790. The van der Waals surface area contributed by atoms with Gasteiger partial charge in [0.2, 0.25) is 0 Å². The van der Waals surface area contributed by atoms with Gasteiger partial charge in [0.05, 0.1) is 17.5 Å². The summed E-state index contributed by atoms with van der Waals surface area (Å²) in [7, 11) is 0. The zero-order valence-corrected chi connectivity index (χ0v) is 8.12. The Hall–Kier alpha value is -1.22. The van der Waals surface area contributed by atoms with Crippen LogP contribution in [0.25, 0.3) is 0 Å². The maximum absolute atomic E-state index is 10.9. The number of hydrogen-bond acceptors (Lipinski definition) is 2. The molecule has 4 heteroatoms. The molecule has 1 unspecified atom stereocenters. The van der Waals surface area contributed by atoms with Crippen LogP contribution in [0.2, 0.25) is 5.02 Å². The average molecular weight is 213 g/mol. The van der Waals surface area contributed by atoms with Crippen molar-refractivity contribution >= 4 is 17.6 Å². The van der Waals surface area contributed by atoms with Crippen LogP contribution in [0.3, 0.4) is 0 Å². The van der Waals surface area contributed by atoms with Crippen LogP contribution >= 0.6 is 11.6 Å². The highest BCUT2D eigenvalue weighted by Gasteiger charge is 2.28. The molecule has 0 aromatic heterocycles. The molecule has 0 bridgehead atoms. The van der Waals surface area contributed by atoms with Crippen LogP contribution in [0.1, 0.15) is 17.9 Å². The van der Waals surface area contributed by atoms with Crippen molar-refractivity contribution < 1.29 is 14.6 Å². The number of aliphatic carboxylic acids is 1. The summed E-state index contributed by atoms with van der Waals surface area (Å²) >= 11 is 5.89. The van der Waals surface area contributed by atoms with Gasteiger partial charge in [-0.2, -0.15) is 0 Å². The van der Waals surface area contributed by atoms with Gasteiger partial charge in [-0.25, -0.2) is 0 Å². The lowest BCUT2D eigenvalue weighted by Gasteiger charge is -2.23. The molecule has 0 radical (unpaired) electrons. The molecule has 0 saturated carbocycles. The quantitative estimate of drug-likeness (QED) is 0.777. The normalized spacial score (nSPS) is 19.6. The SMILES string of the molecule is O=C(O)C1CCOc2c(Cl)cccc21. The van der Waals surface area contributed by atoms with E-state index in [0.29, 0.717) is 29.4 Å². The average Bonchev–Trinajstić information content (AvgIpc) is 2.17. The fourth-order valence-electron chi connectivity index (χ4n) is 1.64. The van der Waals surface area contributed by atoms with Gasteiger partial charge in [0.25, 0.3) is 0 Å². The molecule has 1 aliphatic rings. The summed E-state index contributed by atoms with van der Waals surface area (Å²) in [5, 5.41) is 9.46. The van der Waals surface area contributed by atoms with Crippen molar-refractivity contribution in [1.29, 1.82) is 0 Å². The number of hydrogen-bond donors (Lipinski definition) is 1. The van der Waals surface area contributed by atoms with Gasteiger partial charge in [-0.15, -0.1) is 0 Å². The molecule has 0 saturated heterocycles. The highest BCUT2D eigenvalue weighted by molar-refractivity contribution is 6.32. The lowest BCUT2D eigenvalue weighted by molar-refractivity contribution is -0.139. The Morgan fingerprint density at radius 2 is 2.36 bits per heavy atom. The number of ether oxygens (including phenoxy) is 1. The van der Waals surface area contributed by atoms with Crippen LogP contribution < -0.4 is 4.74 Å². The Bertz CT molecular complexity index is 376. The van der Waals surface area contributed by atoms with Crippen LogP contribution in [-0.2, 0) is 4.79 Å². The number of carbonyl (C=O) groups is 1. The van der Waals surface area contributed by atoms with Crippen molar-refractivity contribution in [3.05, 3.63) is 28.8 Å². The maximum atomic E-state index is 10.9. The molecule has 0 aliphatic carbocycles. The topological polar surface area (TPSA) is 46.5 Å². The van der Waals surface area contributed by atoms with E-state index < -0.39 is 11.9 Å². The maximum Gasteiger partial charge on any atom is 0.311 e. The predicted octanol–water partition coefficient (Wildman–Crippen LogP) is 2.29. The second-order valence-corrected chi connectivity index (χ2v) is 3.59. The van der Waals surface area contributed by atoms with Gasteiger partial charge >= 0.3 is 5.97 Å². The Labute approximate surface area is 86.3 Å². The molecule has 1 heterocycles. The van der Waals surface area contributed by atoms with E-state index >= 15 is 0 Å². The predicted molar refractivity (Wildman–Crippen MR) is 51.9 cm³/mol. The lowest BCUT2D eigenvalue weighted by atomic mass is 9.93. The first-order valence-electron chi connectivity index (χ1n) is 4.34. The van der Waals surface area contributed by atoms with Crippen LogP contribution in [0.4, 0.5) is 0 Å². The molecule has 1 N–H and O–H groups in total. The van der Waals surface area contributed by atoms with Crippen LogP contribution in [0, 0.1) is 0 Å². The summed E-state index contributed by atoms with van der Waals surface area (Å²) < 4.78 is 5.34. The molecule has 3 nitrogen and oxygen atoms in total. The van der Waals surface area contributed by atoms with E-state index in [-0.39, 0.29) is 0 Å². The molecule has 1 aromatic rings. The number of para-hydroxylation sites is 1. The van der Waals surface area contributed by atoms with Gasteiger partial charge in [-0.1, -0.05) is 23.7 Å². The molecule has 14 heavy (non-hydrogen) atoms. The highest BCUT2D eigenvalue weighted by atomic mass is 35.5. The molecule has 1 atom stereocenters. The first kappa shape index (κ1) is 9.34. The fourth-order valence-corrected chi connectivity index (χ4v) is 1.88. The Morgan fingerprint density at radius 1 is 1.57 bits per heavy atom. The monoisotopic (exact) mass is 212 g/mol. The van der Waals surface area contributed by atoms with E-state index in [1.165, 1.54) is 0 Å². The summed E-state index contributed by atoms with van der Waals surface area (Å²) in [5.41, 5.74) is 0.677. The van der Waals surface area contributed by atoms with Gasteiger partial charge in [0.15, 0.2) is 0 Å². The summed E-state index contributed by atoms with van der Waals surface area (Å²) in [6.45, 7) is 0.410. The number of carboxylic acids is 1. The molecule has 2 rings (SSSR count). The van der Waals surface area contributed by atoms with E-state index in [9.17, 15) is 4.79 Å². The first-order chi connectivity index (χ1) is 6.70. The molecule has 0 fully saturated rings. The van der Waals surface area contributed by atoms with Gasteiger partial charge in [0.1, 0.15) is 5.75 Å². The molecule has 0 spiro atoms. The number of carboxylic acid groups (broad SMARTS) is 1. The summed E-state index contributed by atoms with van der Waals surface area (Å²) in [6, 6.07) is 5.19. The third-order valence-electron chi connectivity index (χ3n) is 2.32. The molecule has 1 aliphatic heterocycles. The molecule has 1 aromatic carbocycles. The van der Waals surface area contributed by atoms with E-state index in [4.69, 9.17) is 21.4 Å². The zero-order valence-electron chi connectivity index (χ0n) is 7.37. The van der Waals surface area contributed by atoms with E-state index in [1.807, 2.05) is 0 Å². The number of fused-ring (bicyclic) bond motifs is 1. The zero-order chi connectivity index (χ0) is 10.1. The summed E-state index contributed by atoms with van der Waals surface area (Å²) in [4.78, 5) is 10.9. The van der Waals surface area contributed by atoms with Gasteiger partial charge < -0.3 is 9.84 Å². The van der Waals surface area contributed by atoms with Crippen molar-refractivity contribution in [1.82, 2.24) is 0 Å². The molecular formula is C10H9ClO3. The van der Waals surface area contributed by atoms with E-state index in [1.54, 1.807) is 18.2 Å². The minimum absolute atomic E-state index is 0.410. The van der Waals surface area contributed by atoms with Crippen LogP contribution in [0.15, 0.2) is 18.2 Å². The van der Waals surface area contributed by atoms with Crippen molar-refractivity contribution in [2.45, 2.75) is 12.3 Å². The number of rotatable bonds is 1. The second-order valence-electron chi connectivity index (χ2n) is 3.19. The van der Waals surface area contributed by atoms with Crippen molar-refractivity contribution in [3.63, 3.8) is 0 Å². The number of halogens is 1. The summed E-state index contributed by atoms with van der Waals surface area (Å²) in [6.07, 6.45) is 0.503. The molecule has 0 amide bonds. The minimum atomic E-state index is -0.822. The van der Waals surface area contributed by atoms with Crippen molar-refractivity contribution in [2.75, 3.05) is 6.61 Å². The minimum Gasteiger partial charge on any atom is -0.492 e. The molecular weight excluding hydrogens is 204 g/mol. The Balaban J connectivity index is 2.49. The van der Waals surface area contributed by atoms with Crippen molar-refractivity contribution in [2.24, 2.45) is 0 Å². The van der Waals surface area contributed by atoms with Crippen molar-refractivity contribution in [3.8, 4) is 5.75 Å².